The van der Waals surface area contributed by atoms with Gasteiger partial charge in [0, 0.05) is 39.1 Å². The molecule has 0 radical (unpaired) electrons. The highest BCUT2D eigenvalue weighted by molar-refractivity contribution is 8.00. The van der Waals surface area contributed by atoms with E-state index in [9.17, 15) is 9.59 Å². The number of carbonyl (C=O) groups is 2. The molecule has 2 aromatic heterocycles. The first-order valence-corrected chi connectivity index (χ1v) is 14.3. The summed E-state index contributed by atoms with van der Waals surface area (Å²) < 4.78 is 17.1. The number of allylic oxidation sites excluding steroid dienone is 4. The maximum absolute atomic E-state index is 15.2. The number of hydrogen-bond acceptors (Lipinski definition) is 4. The Hall–Kier alpha value is -3.22. The number of aryl methyl sites for hydroxylation is 1. The summed E-state index contributed by atoms with van der Waals surface area (Å²) in [5.41, 5.74) is 4.14. The van der Waals surface area contributed by atoms with Gasteiger partial charge in [-0.1, -0.05) is 55.0 Å². The van der Waals surface area contributed by atoms with E-state index < -0.39 is 0 Å². The maximum Gasteiger partial charge on any atom is 0.189 e. The molecule has 1 fully saturated rings. The number of nitrogens with zero attached hydrogens (tertiary/aromatic N) is 2. The average molecular weight is 545 g/mol. The molecular formula is C31H26ClFN2O2S. The molecule has 0 amide bonds. The van der Waals surface area contributed by atoms with Gasteiger partial charge >= 0.3 is 0 Å². The molecule has 4 nitrogen and oxygen atoms in total. The molecule has 0 unspecified atom stereocenters. The van der Waals surface area contributed by atoms with Crippen LogP contribution in [0.4, 0.5) is 4.39 Å². The number of para-hydroxylation sites is 1. The first-order valence-electron chi connectivity index (χ1n) is 12.9. The van der Waals surface area contributed by atoms with Crippen molar-refractivity contribution >= 4 is 62.3 Å². The van der Waals surface area contributed by atoms with E-state index in [2.05, 4.69) is 4.98 Å². The fraction of sp³-hybridized carbons (Fsp3) is 0.258. The summed E-state index contributed by atoms with van der Waals surface area (Å²) in [4.78, 5) is 31.6. The molecule has 1 saturated carbocycles. The van der Waals surface area contributed by atoms with Gasteiger partial charge in [0.25, 0.3) is 0 Å². The van der Waals surface area contributed by atoms with Crippen LogP contribution in [0.25, 0.3) is 27.4 Å². The molecule has 0 saturated heterocycles. The highest BCUT2D eigenvalue weighted by atomic mass is 35.5. The molecule has 2 aliphatic carbocycles. The Labute approximate surface area is 229 Å². The van der Waals surface area contributed by atoms with Crippen LogP contribution in [0.5, 0.6) is 0 Å². The minimum Gasteiger partial charge on any atom is -0.333 e. The Balaban J connectivity index is 1.61. The van der Waals surface area contributed by atoms with Crippen molar-refractivity contribution in [2.75, 3.05) is 5.75 Å². The van der Waals surface area contributed by atoms with E-state index in [1.807, 2.05) is 54.0 Å². The largest absolute Gasteiger partial charge is 0.333 e. The molecule has 2 aromatic carbocycles. The number of thioether (sulfide) groups is 1. The number of rotatable bonds is 8. The normalized spacial score (nSPS) is 15.4. The zero-order valence-corrected chi connectivity index (χ0v) is 22.5. The molecule has 192 valence electrons. The van der Waals surface area contributed by atoms with Crippen molar-refractivity contribution in [2.24, 2.45) is 0 Å². The molecule has 4 aromatic rings. The van der Waals surface area contributed by atoms with E-state index >= 15 is 4.39 Å². The van der Waals surface area contributed by atoms with Crippen molar-refractivity contribution in [3.05, 3.63) is 94.0 Å². The molecule has 0 bridgehead atoms. The van der Waals surface area contributed by atoms with E-state index in [1.54, 1.807) is 23.9 Å². The van der Waals surface area contributed by atoms with E-state index in [-0.39, 0.29) is 30.3 Å². The minimum absolute atomic E-state index is 0.0526. The molecule has 6 rings (SSSR count). The number of fused-ring (bicyclic) bond motifs is 2. The molecule has 2 heterocycles. The summed E-state index contributed by atoms with van der Waals surface area (Å²) in [5, 5.41) is 2.47. The van der Waals surface area contributed by atoms with E-state index in [0.717, 1.165) is 29.3 Å². The number of Topliss-reactive ketones (excluding diaryl/α,β-unsaturated/α-hetero) is 2. The van der Waals surface area contributed by atoms with Crippen molar-refractivity contribution in [1.29, 1.82) is 0 Å². The molecule has 2 aliphatic rings. The van der Waals surface area contributed by atoms with Gasteiger partial charge in [0.15, 0.2) is 11.6 Å². The second-order valence-electron chi connectivity index (χ2n) is 9.82. The van der Waals surface area contributed by atoms with Crippen LogP contribution in [-0.2, 0) is 17.8 Å². The predicted molar refractivity (Wildman–Crippen MR) is 154 cm³/mol. The van der Waals surface area contributed by atoms with E-state index in [0.29, 0.717) is 55.9 Å². The Morgan fingerprint density at radius 2 is 2.00 bits per heavy atom. The number of halogens is 2. The van der Waals surface area contributed by atoms with Gasteiger partial charge in [0.1, 0.15) is 11.0 Å². The monoisotopic (exact) mass is 544 g/mol. The third-order valence-electron chi connectivity index (χ3n) is 7.20. The quantitative estimate of drug-likeness (QED) is 0.169. The van der Waals surface area contributed by atoms with Crippen LogP contribution < -0.4 is 0 Å². The van der Waals surface area contributed by atoms with Crippen LogP contribution in [0.3, 0.4) is 0 Å². The number of pyridine rings is 1. The summed E-state index contributed by atoms with van der Waals surface area (Å²) in [6, 6.07) is 13.0. The molecule has 38 heavy (non-hydrogen) atoms. The molecule has 0 N–H and O–H groups in total. The lowest BCUT2D eigenvalue weighted by Crippen LogP contribution is -2.16. The van der Waals surface area contributed by atoms with Crippen molar-refractivity contribution in [1.82, 2.24) is 9.55 Å². The summed E-state index contributed by atoms with van der Waals surface area (Å²) in [6.45, 7) is 2.12. The topological polar surface area (TPSA) is 52.0 Å². The third kappa shape index (κ3) is 4.61. The summed E-state index contributed by atoms with van der Waals surface area (Å²) >= 11 is 8.29. The minimum atomic E-state index is -0.330. The lowest BCUT2D eigenvalue weighted by molar-refractivity contribution is -0.113. The van der Waals surface area contributed by atoms with Gasteiger partial charge in [-0.3, -0.25) is 9.59 Å². The summed E-state index contributed by atoms with van der Waals surface area (Å²) in [6.07, 6.45) is 8.44. The van der Waals surface area contributed by atoms with Gasteiger partial charge in [0.05, 0.1) is 29.0 Å². The van der Waals surface area contributed by atoms with Gasteiger partial charge in [-0.25, -0.2) is 9.37 Å². The first kappa shape index (κ1) is 25.1. The fourth-order valence-corrected chi connectivity index (χ4v) is 6.29. The Kier molecular flexibility index (Phi) is 6.70. The van der Waals surface area contributed by atoms with Crippen LogP contribution >= 0.6 is 23.4 Å². The van der Waals surface area contributed by atoms with E-state index in [1.165, 1.54) is 6.07 Å². The standard InChI is InChI=1S/C31H26ClFN2O2S/c1-2-18-14-23-26(15-24(18)33)35(16-20-13-19-7-3-5-9-25(19)34-31(20)32)30(28(37)17-38-21-11-12-21)29(23)22-8-4-6-10-27(22)36/h3-9,13-15,21H,2,10-12,16-17H2,1H3. The van der Waals surface area contributed by atoms with Crippen LogP contribution in [0, 0.1) is 5.82 Å². The SMILES string of the molecule is CCc1cc2c(C3=CC=CCC3=O)c(C(=O)CSC3CC3)n(Cc3cc4ccccc4nc3Cl)c2cc1F. The highest BCUT2D eigenvalue weighted by Crippen LogP contribution is 2.39. The van der Waals surface area contributed by atoms with Crippen molar-refractivity contribution in [2.45, 2.75) is 44.4 Å². The lowest BCUT2D eigenvalue weighted by atomic mass is 9.92. The number of benzene rings is 2. The Morgan fingerprint density at radius 3 is 2.76 bits per heavy atom. The van der Waals surface area contributed by atoms with Crippen molar-refractivity contribution in [3.8, 4) is 0 Å². The van der Waals surface area contributed by atoms with Gasteiger partial charge in [-0.15, -0.1) is 0 Å². The van der Waals surface area contributed by atoms with Gasteiger partial charge in [-0.2, -0.15) is 11.8 Å². The second kappa shape index (κ2) is 10.2. The summed E-state index contributed by atoms with van der Waals surface area (Å²) in [5.74, 6) is -0.149. The van der Waals surface area contributed by atoms with E-state index in [4.69, 9.17) is 11.6 Å². The van der Waals surface area contributed by atoms with Gasteiger partial charge in [-0.05, 0) is 49.1 Å². The maximum atomic E-state index is 15.2. The number of aromatic nitrogens is 2. The number of carbonyl (C=O) groups excluding carboxylic acids is 2. The second-order valence-corrected chi connectivity index (χ2v) is 11.5. The smallest absolute Gasteiger partial charge is 0.189 e. The lowest BCUT2D eigenvalue weighted by Gasteiger charge is -2.15. The highest BCUT2D eigenvalue weighted by Gasteiger charge is 2.31. The molecule has 7 heteroatoms. The van der Waals surface area contributed by atoms with Gasteiger partial charge in [0.2, 0.25) is 0 Å². The molecule has 0 aliphatic heterocycles. The van der Waals surface area contributed by atoms with Gasteiger partial charge < -0.3 is 4.57 Å². The molecule has 0 atom stereocenters. The van der Waals surface area contributed by atoms with Crippen LogP contribution in [-0.4, -0.2) is 32.1 Å². The Morgan fingerprint density at radius 1 is 1.18 bits per heavy atom. The number of ketones is 2. The summed E-state index contributed by atoms with van der Waals surface area (Å²) in [7, 11) is 0. The number of hydrogen-bond donors (Lipinski definition) is 0. The Bertz CT molecular complexity index is 1680. The zero-order valence-electron chi connectivity index (χ0n) is 21.0. The fourth-order valence-electron chi connectivity index (χ4n) is 5.09. The van der Waals surface area contributed by atoms with Crippen LogP contribution in [0.2, 0.25) is 5.15 Å². The van der Waals surface area contributed by atoms with Crippen LogP contribution in [0.15, 0.2) is 60.7 Å². The van der Waals surface area contributed by atoms with Crippen molar-refractivity contribution in [3.63, 3.8) is 0 Å². The zero-order chi connectivity index (χ0) is 26.4. The predicted octanol–water partition coefficient (Wildman–Crippen LogP) is 7.58. The molecular weight excluding hydrogens is 519 g/mol. The average Bonchev–Trinajstić information content (AvgIpc) is 3.70. The van der Waals surface area contributed by atoms with Crippen molar-refractivity contribution < 1.29 is 14.0 Å². The first-order chi connectivity index (χ1) is 18.4. The van der Waals surface area contributed by atoms with Crippen LogP contribution in [0.1, 0.15) is 53.4 Å². The molecule has 0 spiro atoms. The third-order valence-corrected chi connectivity index (χ3v) is 8.90.